The van der Waals surface area contributed by atoms with Crippen LogP contribution in [0, 0.1) is 0 Å². The minimum atomic E-state index is -0.533. The molecule has 1 aromatic heterocycles. The van der Waals surface area contributed by atoms with E-state index in [-0.39, 0.29) is 17.2 Å². The van der Waals surface area contributed by atoms with Gasteiger partial charge in [0.2, 0.25) is 5.91 Å². The highest BCUT2D eigenvalue weighted by Crippen LogP contribution is 2.43. The summed E-state index contributed by atoms with van der Waals surface area (Å²) in [6.07, 6.45) is 2.56. The zero-order valence-electron chi connectivity index (χ0n) is 16.9. The van der Waals surface area contributed by atoms with Gasteiger partial charge in [0.25, 0.3) is 11.8 Å². The molecule has 0 spiro atoms. The van der Waals surface area contributed by atoms with Gasteiger partial charge in [0.15, 0.2) is 5.82 Å². The minimum Gasteiger partial charge on any atom is -0.342 e. The summed E-state index contributed by atoms with van der Waals surface area (Å²) < 4.78 is 5.42. The van der Waals surface area contributed by atoms with Crippen LogP contribution in [0.4, 0.5) is 0 Å². The zero-order chi connectivity index (χ0) is 21.3. The number of benzene rings is 1. The molecular weight excluding hydrogens is 424 g/mol. The van der Waals surface area contributed by atoms with Crippen LogP contribution in [-0.2, 0) is 22.4 Å². The minimum absolute atomic E-state index is 0.139. The van der Waals surface area contributed by atoms with Crippen molar-refractivity contribution < 1.29 is 14.1 Å². The lowest BCUT2D eigenvalue weighted by molar-refractivity contribution is -0.144. The average molecular weight is 447 g/mol. The second kappa shape index (κ2) is 8.81. The number of halogens is 1. The Morgan fingerprint density at radius 1 is 1.33 bits per heavy atom. The van der Waals surface area contributed by atoms with E-state index in [4.69, 9.17) is 16.1 Å². The molecule has 2 atom stereocenters. The van der Waals surface area contributed by atoms with Crippen molar-refractivity contribution in [3.05, 3.63) is 52.1 Å². The fraction of sp³-hybridized carbons (Fsp3) is 0.429. The molecule has 7 nitrogen and oxygen atoms in total. The quantitative estimate of drug-likeness (QED) is 0.655. The topological polar surface area (TPSA) is 88.3 Å². The molecule has 1 fully saturated rings. The Kier molecular flexibility index (Phi) is 6.15. The number of aromatic nitrogens is 2. The zero-order valence-corrected chi connectivity index (χ0v) is 18.4. The van der Waals surface area contributed by atoms with Crippen molar-refractivity contribution in [3.8, 4) is 0 Å². The lowest BCUT2D eigenvalue weighted by atomic mass is 10.0. The number of hydrogen-bond donors (Lipinski definition) is 1. The summed E-state index contributed by atoms with van der Waals surface area (Å²) in [6.45, 7) is 4.01. The Bertz CT molecular complexity index is 988. The van der Waals surface area contributed by atoms with Crippen molar-refractivity contribution in [2.24, 2.45) is 0 Å². The second-order valence-electron chi connectivity index (χ2n) is 7.48. The van der Waals surface area contributed by atoms with E-state index in [1.807, 2.05) is 26.0 Å². The summed E-state index contributed by atoms with van der Waals surface area (Å²) in [4.78, 5) is 31.4. The molecule has 1 N–H and O–H groups in total. The summed E-state index contributed by atoms with van der Waals surface area (Å²) in [5.41, 5.74) is 2.73. The lowest BCUT2D eigenvalue weighted by Gasteiger charge is -2.49. The van der Waals surface area contributed by atoms with E-state index < -0.39 is 6.04 Å². The largest absolute Gasteiger partial charge is 0.342 e. The molecule has 158 valence electrons. The van der Waals surface area contributed by atoms with Gasteiger partial charge in [-0.1, -0.05) is 35.8 Å². The second-order valence-corrected chi connectivity index (χ2v) is 9.02. The van der Waals surface area contributed by atoms with E-state index in [2.05, 4.69) is 15.5 Å². The first-order chi connectivity index (χ1) is 14.5. The van der Waals surface area contributed by atoms with Gasteiger partial charge >= 0.3 is 0 Å². The Morgan fingerprint density at radius 2 is 2.10 bits per heavy atom. The van der Waals surface area contributed by atoms with E-state index in [9.17, 15) is 9.59 Å². The van der Waals surface area contributed by atoms with Crippen molar-refractivity contribution in [3.63, 3.8) is 0 Å². The molecule has 3 heterocycles. The van der Waals surface area contributed by atoms with E-state index in [1.165, 1.54) is 0 Å². The maximum Gasteiger partial charge on any atom is 0.274 e. The standard InChI is InChI=1S/C21H23ClN4O3S/c1-3-4-15-23-19(29-25-15)18-12(2)11-30-21-17(20(28)26(18)21)24-16(27)10-7-13-5-8-14(22)9-6-13/h5-6,8-9,17,21H,3-4,7,10-11H2,1-2H3,(H,24,27)/t17-,21?/m1/s1. The molecule has 0 bridgehead atoms. The molecule has 2 aliphatic rings. The van der Waals surface area contributed by atoms with Gasteiger partial charge in [-0.2, -0.15) is 4.98 Å². The first-order valence-electron chi connectivity index (χ1n) is 9.99. The fourth-order valence-corrected chi connectivity index (χ4v) is 5.02. The van der Waals surface area contributed by atoms with Crippen LogP contribution in [0.3, 0.4) is 0 Å². The number of hydrogen-bond acceptors (Lipinski definition) is 6. The molecule has 4 rings (SSSR count). The van der Waals surface area contributed by atoms with Gasteiger partial charge in [-0.3, -0.25) is 14.5 Å². The van der Waals surface area contributed by atoms with Gasteiger partial charge in [0.1, 0.15) is 17.1 Å². The van der Waals surface area contributed by atoms with Crippen molar-refractivity contribution >= 4 is 40.9 Å². The third kappa shape index (κ3) is 4.11. The molecule has 0 radical (unpaired) electrons. The number of amides is 2. The first kappa shape index (κ1) is 20.9. The summed E-state index contributed by atoms with van der Waals surface area (Å²) in [5.74, 6) is 1.48. The summed E-state index contributed by atoms with van der Waals surface area (Å²) >= 11 is 7.53. The molecule has 2 amide bonds. The molecule has 0 aliphatic carbocycles. The summed E-state index contributed by atoms with van der Waals surface area (Å²) in [6, 6.07) is 6.88. The number of nitrogens with one attached hydrogen (secondary N) is 1. The number of carbonyl (C=O) groups is 2. The van der Waals surface area contributed by atoms with Crippen molar-refractivity contribution in [2.45, 2.75) is 50.9 Å². The molecular formula is C21H23ClN4O3S. The van der Waals surface area contributed by atoms with Crippen LogP contribution in [0.1, 0.15) is 44.0 Å². The molecule has 30 heavy (non-hydrogen) atoms. The van der Waals surface area contributed by atoms with Crippen LogP contribution in [0.15, 0.2) is 34.4 Å². The predicted octanol–water partition coefficient (Wildman–Crippen LogP) is 3.44. The SMILES string of the molecule is CCCc1noc(C2=C(C)CSC3[C@H](NC(=O)CCc4ccc(Cl)cc4)C(=O)N23)n1. The summed E-state index contributed by atoms with van der Waals surface area (Å²) in [7, 11) is 0. The molecule has 9 heteroatoms. The maximum absolute atomic E-state index is 12.9. The van der Waals surface area contributed by atoms with Gasteiger partial charge in [-0.15, -0.1) is 11.8 Å². The highest BCUT2D eigenvalue weighted by Gasteiger charge is 2.53. The van der Waals surface area contributed by atoms with Crippen LogP contribution in [0.5, 0.6) is 0 Å². The van der Waals surface area contributed by atoms with Crippen molar-refractivity contribution in [1.29, 1.82) is 0 Å². The highest BCUT2D eigenvalue weighted by atomic mass is 35.5. The third-order valence-electron chi connectivity index (χ3n) is 5.17. The van der Waals surface area contributed by atoms with Gasteiger partial charge in [-0.05, 0) is 43.0 Å². The van der Waals surface area contributed by atoms with Gasteiger partial charge in [0.05, 0.1) is 0 Å². The van der Waals surface area contributed by atoms with E-state index >= 15 is 0 Å². The van der Waals surface area contributed by atoms with Crippen LogP contribution in [-0.4, -0.2) is 44.0 Å². The Morgan fingerprint density at radius 3 is 2.83 bits per heavy atom. The number of carbonyl (C=O) groups excluding carboxylic acids is 2. The maximum atomic E-state index is 12.9. The lowest BCUT2D eigenvalue weighted by Crippen LogP contribution is -2.69. The van der Waals surface area contributed by atoms with Crippen LogP contribution < -0.4 is 5.32 Å². The monoisotopic (exact) mass is 446 g/mol. The smallest absolute Gasteiger partial charge is 0.274 e. The molecule has 1 unspecified atom stereocenters. The first-order valence-corrected chi connectivity index (χ1v) is 11.4. The van der Waals surface area contributed by atoms with Gasteiger partial charge in [0, 0.05) is 23.6 Å². The Balaban J connectivity index is 1.39. The third-order valence-corrected chi connectivity index (χ3v) is 6.85. The molecule has 2 aliphatic heterocycles. The molecule has 1 saturated heterocycles. The summed E-state index contributed by atoms with van der Waals surface area (Å²) in [5, 5.41) is 7.41. The number of fused-ring (bicyclic) bond motifs is 1. The van der Waals surface area contributed by atoms with Gasteiger partial charge in [-0.25, -0.2) is 0 Å². The van der Waals surface area contributed by atoms with E-state index in [0.29, 0.717) is 35.3 Å². The Hall–Kier alpha value is -2.32. The number of aryl methyl sites for hydroxylation is 2. The van der Waals surface area contributed by atoms with Gasteiger partial charge < -0.3 is 9.84 Å². The Labute approximate surface area is 184 Å². The number of nitrogens with zero attached hydrogens (tertiary/aromatic N) is 3. The predicted molar refractivity (Wildman–Crippen MR) is 116 cm³/mol. The number of β-lactam (4-membered cyclic amide) rings is 1. The van der Waals surface area contributed by atoms with Crippen molar-refractivity contribution in [1.82, 2.24) is 20.4 Å². The van der Waals surface area contributed by atoms with Crippen LogP contribution in [0.25, 0.3) is 5.70 Å². The van der Waals surface area contributed by atoms with Crippen LogP contribution >= 0.6 is 23.4 Å². The molecule has 2 aromatic rings. The van der Waals surface area contributed by atoms with Crippen LogP contribution in [0.2, 0.25) is 5.02 Å². The molecule has 0 saturated carbocycles. The normalized spacial score (nSPS) is 20.8. The number of thioether (sulfide) groups is 1. The highest BCUT2D eigenvalue weighted by molar-refractivity contribution is 8.00. The number of rotatable bonds is 7. The fourth-order valence-electron chi connectivity index (χ4n) is 3.61. The molecule has 1 aromatic carbocycles. The van der Waals surface area contributed by atoms with E-state index in [0.717, 1.165) is 29.7 Å². The average Bonchev–Trinajstić information content (AvgIpc) is 3.20. The van der Waals surface area contributed by atoms with Crippen molar-refractivity contribution in [2.75, 3.05) is 5.75 Å². The van der Waals surface area contributed by atoms with E-state index in [1.54, 1.807) is 28.8 Å².